The van der Waals surface area contributed by atoms with Crippen molar-refractivity contribution in [2.75, 3.05) is 16.9 Å². The van der Waals surface area contributed by atoms with Crippen LogP contribution in [0.2, 0.25) is 0 Å². The van der Waals surface area contributed by atoms with Gasteiger partial charge in [0.05, 0.1) is 11.9 Å². The summed E-state index contributed by atoms with van der Waals surface area (Å²) in [6.07, 6.45) is 3.37. The van der Waals surface area contributed by atoms with Crippen molar-refractivity contribution in [2.45, 2.75) is 12.8 Å². The van der Waals surface area contributed by atoms with E-state index in [1.165, 1.54) is 0 Å². The van der Waals surface area contributed by atoms with Crippen molar-refractivity contribution in [2.24, 2.45) is 5.10 Å². The lowest BCUT2D eigenvalue weighted by molar-refractivity contribution is -0.117. The highest BCUT2D eigenvalue weighted by Gasteiger charge is 2.21. The number of hydrogen-bond donors (Lipinski definition) is 1. The summed E-state index contributed by atoms with van der Waals surface area (Å²) in [5.74, 6) is 0.210. The van der Waals surface area contributed by atoms with Crippen molar-refractivity contribution in [3.63, 3.8) is 0 Å². The van der Waals surface area contributed by atoms with Gasteiger partial charge < -0.3 is 4.90 Å². The zero-order valence-electron chi connectivity index (χ0n) is 11.7. The number of hydrogen-bond acceptors (Lipinski definition) is 3. The Hall–Kier alpha value is -2.62. The molecule has 0 aromatic heterocycles. The normalized spacial score (nSPS) is 14.9. The van der Waals surface area contributed by atoms with Crippen LogP contribution in [0.4, 0.5) is 11.4 Å². The van der Waals surface area contributed by atoms with Crippen LogP contribution in [0.15, 0.2) is 59.7 Å². The second-order valence-electron chi connectivity index (χ2n) is 4.98. The van der Waals surface area contributed by atoms with Crippen molar-refractivity contribution in [3.8, 4) is 0 Å². The van der Waals surface area contributed by atoms with Gasteiger partial charge in [-0.15, -0.1) is 0 Å². The molecule has 2 aromatic carbocycles. The standard InChI is InChI=1S/C17H17N3O/c21-17-7-4-12-20(17)16-10-8-14(9-11-16)13-18-19-15-5-2-1-3-6-15/h1-3,5-6,8-11,13,19H,4,7,12H2. The lowest BCUT2D eigenvalue weighted by Crippen LogP contribution is -2.23. The Morgan fingerprint density at radius 1 is 1.05 bits per heavy atom. The first kappa shape index (κ1) is 13.4. The average Bonchev–Trinajstić information content (AvgIpc) is 2.95. The van der Waals surface area contributed by atoms with Crippen LogP contribution in [0.5, 0.6) is 0 Å². The molecule has 106 valence electrons. The number of carbonyl (C=O) groups excluding carboxylic acids is 1. The first-order valence-electron chi connectivity index (χ1n) is 7.07. The summed E-state index contributed by atoms with van der Waals surface area (Å²) < 4.78 is 0. The fraction of sp³-hybridized carbons (Fsp3) is 0.176. The van der Waals surface area contributed by atoms with Gasteiger partial charge in [0.15, 0.2) is 0 Å². The maximum absolute atomic E-state index is 11.7. The van der Waals surface area contributed by atoms with Gasteiger partial charge in [-0.1, -0.05) is 30.3 Å². The topological polar surface area (TPSA) is 44.7 Å². The molecule has 0 spiro atoms. The van der Waals surface area contributed by atoms with Crippen molar-refractivity contribution in [1.82, 2.24) is 0 Å². The molecule has 2 aromatic rings. The highest BCUT2D eigenvalue weighted by atomic mass is 16.2. The molecule has 1 saturated heterocycles. The highest BCUT2D eigenvalue weighted by molar-refractivity contribution is 5.95. The molecule has 4 heteroatoms. The monoisotopic (exact) mass is 279 g/mol. The van der Waals surface area contributed by atoms with Gasteiger partial charge >= 0.3 is 0 Å². The Balaban J connectivity index is 1.63. The number of amides is 1. The van der Waals surface area contributed by atoms with Gasteiger partial charge in [0.2, 0.25) is 5.91 Å². The number of anilines is 2. The Morgan fingerprint density at radius 3 is 2.48 bits per heavy atom. The summed E-state index contributed by atoms with van der Waals surface area (Å²) in [5.41, 5.74) is 5.88. The number of nitrogens with zero attached hydrogens (tertiary/aromatic N) is 2. The molecule has 0 bridgehead atoms. The smallest absolute Gasteiger partial charge is 0.227 e. The zero-order valence-corrected chi connectivity index (χ0v) is 11.7. The predicted molar refractivity (Wildman–Crippen MR) is 85.7 cm³/mol. The molecule has 1 heterocycles. The Morgan fingerprint density at radius 2 is 1.81 bits per heavy atom. The van der Waals surface area contributed by atoms with Gasteiger partial charge in [0.1, 0.15) is 0 Å². The van der Waals surface area contributed by atoms with Crippen LogP contribution < -0.4 is 10.3 Å². The summed E-state index contributed by atoms with van der Waals surface area (Å²) in [6, 6.07) is 17.7. The van der Waals surface area contributed by atoms with Crippen LogP contribution in [-0.4, -0.2) is 18.7 Å². The maximum atomic E-state index is 11.7. The van der Waals surface area contributed by atoms with Crippen LogP contribution >= 0.6 is 0 Å². The van der Waals surface area contributed by atoms with E-state index in [2.05, 4.69) is 10.5 Å². The van der Waals surface area contributed by atoms with Crippen LogP contribution in [0.1, 0.15) is 18.4 Å². The summed E-state index contributed by atoms with van der Waals surface area (Å²) in [4.78, 5) is 13.5. The van der Waals surface area contributed by atoms with E-state index in [1.807, 2.05) is 59.5 Å². The van der Waals surface area contributed by atoms with E-state index < -0.39 is 0 Å². The molecule has 21 heavy (non-hydrogen) atoms. The van der Waals surface area contributed by atoms with E-state index in [4.69, 9.17) is 0 Å². The first-order valence-corrected chi connectivity index (χ1v) is 7.07. The number of rotatable bonds is 4. The second kappa shape index (κ2) is 6.22. The summed E-state index contributed by atoms with van der Waals surface area (Å²) in [6.45, 7) is 0.821. The Kier molecular flexibility index (Phi) is 3.96. The van der Waals surface area contributed by atoms with Gasteiger partial charge in [-0.2, -0.15) is 5.10 Å². The van der Waals surface area contributed by atoms with Gasteiger partial charge in [-0.05, 0) is 36.2 Å². The summed E-state index contributed by atoms with van der Waals surface area (Å²) in [7, 11) is 0. The van der Waals surface area contributed by atoms with Crippen molar-refractivity contribution in [3.05, 3.63) is 60.2 Å². The fourth-order valence-corrected chi connectivity index (χ4v) is 2.36. The highest BCUT2D eigenvalue weighted by Crippen LogP contribution is 2.21. The molecule has 0 saturated carbocycles. The molecule has 0 unspecified atom stereocenters. The van der Waals surface area contributed by atoms with E-state index >= 15 is 0 Å². The van der Waals surface area contributed by atoms with E-state index in [0.29, 0.717) is 6.42 Å². The largest absolute Gasteiger partial charge is 0.312 e. The zero-order chi connectivity index (χ0) is 14.5. The van der Waals surface area contributed by atoms with Gasteiger partial charge in [-0.25, -0.2) is 0 Å². The molecule has 1 aliphatic heterocycles. The number of benzene rings is 2. The number of para-hydroxylation sites is 1. The summed E-state index contributed by atoms with van der Waals surface area (Å²) >= 11 is 0. The van der Waals surface area contributed by atoms with Gasteiger partial charge in [-0.3, -0.25) is 10.2 Å². The number of carbonyl (C=O) groups is 1. The van der Waals surface area contributed by atoms with Crippen LogP contribution in [0, 0.1) is 0 Å². The minimum Gasteiger partial charge on any atom is -0.312 e. The molecule has 0 atom stereocenters. The molecule has 4 nitrogen and oxygen atoms in total. The Labute approximate surface area is 124 Å². The SMILES string of the molecule is O=C1CCCN1c1ccc(C=NNc2ccccc2)cc1. The van der Waals surface area contributed by atoms with Crippen molar-refractivity contribution >= 4 is 23.5 Å². The van der Waals surface area contributed by atoms with Gasteiger partial charge in [0.25, 0.3) is 0 Å². The van der Waals surface area contributed by atoms with E-state index in [1.54, 1.807) is 6.21 Å². The molecule has 0 radical (unpaired) electrons. The third-order valence-corrected chi connectivity index (χ3v) is 3.46. The van der Waals surface area contributed by atoms with Gasteiger partial charge in [0, 0.05) is 18.7 Å². The number of hydrazone groups is 1. The molecule has 3 rings (SSSR count). The maximum Gasteiger partial charge on any atom is 0.227 e. The van der Waals surface area contributed by atoms with E-state index in [-0.39, 0.29) is 5.91 Å². The molecule has 1 aliphatic rings. The van der Waals surface area contributed by atoms with Crippen LogP contribution in [-0.2, 0) is 4.79 Å². The summed E-state index contributed by atoms with van der Waals surface area (Å²) in [5, 5.41) is 4.20. The van der Waals surface area contributed by atoms with E-state index in [0.717, 1.165) is 29.9 Å². The quantitative estimate of drug-likeness (QED) is 0.689. The molecular weight excluding hydrogens is 262 g/mol. The minimum absolute atomic E-state index is 0.210. The third kappa shape index (κ3) is 3.28. The molecular formula is C17H17N3O. The average molecular weight is 279 g/mol. The minimum atomic E-state index is 0.210. The molecule has 1 fully saturated rings. The third-order valence-electron chi connectivity index (χ3n) is 3.46. The lowest BCUT2D eigenvalue weighted by Gasteiger charge is -2.15. The van der Waals surface area contributed by atoms with Crippen LogP contribution in [0.25, 0.3) is 0 Å². The number of nitrogens with one attached hydrogen (secondary N) is 1. The van der Waals surface area contributed by atoms with E-state index in [9.17, 15) is 4.79 Å². The lowest BCUT2D eigenvalue weighted by atomic mass is 10.2. The second-order valence-corrected chi connectivity index (χ2v) is 4.98. The fourth-order valence-electron chi connectivity index (χ4n) is 2.36. The predicted octanol–water partition coefficient (Wildman–Crippen LogP) is 3.26. The molecule has 0 aliphatic carbocycles. The van der Waals surface area contributed by atoms with Crippen molar-refractivity contribution in [1.29, 1.82) is 0 Å². The molecule has 1 N–H and O–H groups in total. The first-order chi connectivity index (χ1) is 10.3. The molecule has 1 amide bonds. The van der Waals surface area contributed by atoms with Crippen LogP contribution in [0.3, 0.4) is 0 Å². The van der Waals surface area contributed by atoms with Crippen molar-refractivity contribution < 1.29 is 4.79 Å². The Bertz CT molecular complexity index is 635.